The van der Waals surface area contributed by atoms with Crippen molar-refractivity contribution in [3.63, 3.8) is 0 Å². The quantitative estimate of drug-likeness (QED) is 0.729. The van der Waals surface area contributed by atoms with Gasteiger partial charge in [0.05, 0.1) is 0 Å². The fourth-order valence-corrected chi connectivity index (χ4v) is 1.42. The van der Waals surface area contributed by atoms with E-state index in [0.717, 1.165) is 6.42 Å². The average Bonchev–Trinajstić information content (AvgIpc) is 2.15. The molecule has 0 aliphatic heterocycles. The number of benzene rings is 1. The first-order chi connectivity index (χ1) is 6.20. The Hall–Kier alpha value is -0.760. The summed E-state index contributed by atoms with van der Waals surface area (Å²) in [6.45, 7) is 2.13. The largest absolute Gasteiger partial charge is 0.288 e. The molecule has 0 aliphatic rings. The first kappa shape index (κ1) is 10.3. The second-order valence-corrected chi connectivity index (χ2v) is 3.74. The summed E-state index contributed by atoms with van der Waals surface area (Å²) in [5.74, 6) is 0.442. The van der Waals surface area contributed by atoms with Gasteiger partial charge in [-0.1, -0.05) is 37.3 Å². The summed E-state index contributed by atoms with van der Waals surface area (Å²) in [5.41, 5.74) is 1.29. The van der Waals surface area contributed by atoms with Crippen LogP contribution in [0.2, 0.25) is 0 Å². The van der Waals surface area contributed by atoms with Crippen LogP contribution in [0.4, 0.5) is 0 Å². The maximum absolute atomic E-state index is 10.6. The molecule has 13 heavy (non-hydrogen) atoms. The molecule has 70 valence electrons. The van der Waals surface area contributed by atoms with Crippen molar-refractivity contribution in [2.24, 2.45) is 0 Å². The van der Waals surface area contributed by atoms with Crippen molar-refractivity contribution in [1.29, 1.82) is 0 Å². The van der Waals surface area contributed by atoms with Gasteiger partial charge in [-0.15, -0.1) is 12.6 Å². The molecule has 2 heteroatoms. The van der Waals surface area contributed by atoms with Crippen molar-refractivity contribution in [3.05, 3.63) is 35.9 Å². The third-order valence-electron chi connectivity index (χ3n) is 2.16. The number of rotatable bonds is 4. The smallest absolute Gasteiger partial charge is 0.185 e. The van der Waals surface area contributed by atoms with Crippen LogP contribution < -0.4 is 0 Å². The van der Waals surface area contributed by atoms with Crippen molar-refractivity contribution in [2.45, 2.75) is 25.7 Å². The van der Waals surface area contributed by atoms with Gasteiger partial charge in [0.25, 0.3) is 0 Å². The van der Waals surface area contributed by atoms with Gasteiger partial charge in [-0.3, -0.25) is 4.79 Å². The highest BCUT2D eigenvalue weighted by molar-refractivity contribution is 7.96. The molecule has 0 saturated carbocycles. The SMILES string of the molecule is CC(CCC(=O)S)c1ccccc1. The minimum absolute atomic E-state index is 0.0252. The Bertz CT molecular complexity index is 269. The zero-order valence-corrected chi connectivity index (χ0v) is 8.63. The second-order valence-electron chi connectivity index (χ2n) is 3.24. The molecule has 1 aromatic rings. The van der Waals surface area contributed by atoms with Gasteiger partial charge in [-0.25, -0.2) is 0 Å². The summed E-state index contributed by atoms with van der Waals surface area (Å²) in [4.78, 5) is 10.6. The highest BCUT2D eigenvalue weighted by atomic mass is 32.1. The first-order valence-corrected chi connectivity index (χ1v) is 4.91. The minimum atomic E-state index is -0.0252. The van der Waals surface area contributed by atoms with Gasteiger partial charge >= 0.3 is 0 Å². The molecule has 0 heterocycles. The lowest BCUT2D eigenvalue weighted by atomic mass is 9.97. The van der Waals surface area contributed by atoms with Gasteiger partial charge in [0.15, 0.2) is 5.12 Å². The lowest BCUT2D eigenvalue weighted by Gasteiger charge is -2.09. The van der Waals surface area contributed by atoms with Crippen LogP contribution in [0, 0.1) is 0 Å². The molecular weight excluding hydrogens is 180 g/mol. The monoisotopic (exact) mass is 194 g/mol. The summed E-state index contributed by atoms with van der Waals surface area (Å²) in [5, 5.41) is -0.0252. The zero-order chi connectivity index (χ0) is 9.68. The molecule has 1 atom stereocenters. The standard InChI is InChI=1S/C11H14OS/c1-9(7-8-11(12)13)10-5-3-2-4-6-10/h2-6,9H,7-8H2,1H3,(H,12,13). The van der Waals surface area contributed by atoms with Crippen LogP contribution >= 0.6 is 12.6 Å². The highest BCUT2D eigenvalue weighted by Gasteiger charge is 2.05. The van der Waals surface area contributed by atoms with Crippen molar-refractivity contribution in [2.75, 3.05) is 0 Å². The van der Waals surface area contributed by atoms with Crippen LogP contribution in [0.5, 0.6) is 0 Å². The molecule has 0 saturated heterocycles. The van der Waals surface area contributed by atoms with E-state index in [0.29, 0.717) is 12.3 Å². The normalized spacial score (nSPS) is 12.5. The predicted octanol–water partition coefficient (Wildman–Crippen LogP) is 3.03. The predicted molar refractivity (Wildman–Crippen MR) is 58.1 cm³/mol. The van der Waals surface area contributed by atoms with Crippen LogP contribution in [-0.2, 0) is 4.79 Å². The molecule has 1 rings (SSSR count). The van der Waals surface area contributed by atoms with E-state index in [4.69, 9.17) is 0 Å². The molecule has 0 aromatic heterocycles. The molecule has 0 radical (unpaired) electrons. The topological polar surface area (TPSA) is 17.1 Å². The molecule has 0 amide bonds. The Kier molecular flexibility index (Phi) is 4.03. The first-order valence-electron chi connectivity index (χ1n) is 4.47. The summed E-state index contributed by atoms with van der Waals surface area (Å²) < 4.78 is 0. The van der Waals surface area contributed by atoms with Gasteiger partial charge in [0.2, 0.25) is 0 Å². The summed E-state index contributed by atoms with van der Waals surface area (Å²) in [6.07, 6.45) is 1.44. The third kappa shape index (κ3) is 3.64. The second kappa shape index (κ2) is 5.07. The maximum Gasteiger partial charge on any atom is 0.185 e. The molecule has 0 fully saturated rings. The van der Waals surface area contributed by atoms with Crippen molar-refractivity contribution < 1.29 is 4.79 Å². The van der Waals surface area contributed by atoms with Crippen LogP contribution in [0.3, 0.4) is 0 Å². The molecule has 1 nitrogen and oxygen atoms in total. The fourth-order valence-electron chi connectivity index (χ4n) is 1.29. The summed E-state index contributed by atoms with van der Waals surface area (Å²) in [7, 11) is 0. The Morgan fingerprint density at radius 2 is 2.00 bits per heavy atom. The van der Waals surface area contributed by atoms with Crippen LogP contribution in [0.25, 0.3) is 0 Å². The number of hydrogen-bond acceptors (Lipinski definition) is 1. The Morgan fingerprint density at radius 1 is 1.38 bits per heavy atom. The Labute approximate surface area is 84.6 Å². The summed E-state index contributed by atoms with van der Waals surface area (Å²) in [6, 6.07) is 10.2. The highest BCUT2D eigenvalue weighted by Crippen LogP contribution is 2.20. The molecule has 0 N–H and O–H groups in total. The number of hydrogen-bond donors (Lipinski definition) is 1. The molecule has 1 aromatic carbocycles. The van der Waals surface area contributed by atoms with Gasteiger partial charge < -0.3 is 0 Å². The molecule has 0 bridgehead atoms. The molecule has 1 unspecified atom stereocenters. The van der Waals surface area contributed by atoms with E-state index in [2.05, 4.69) is 31.7 Å². The van der Waals surface area contributed by atoms with E-state index in [1.807, 2.05) is 18.2 Å². The third-order valence-corrected chi connectivity index (χ3v) is 2.38. The van der Waals surface area contributed by atoms with E-state index in [-0.39, 0.29) is 5.12 Å². The lowest BCUT2D eigenvalue weighted by Crippen LogP contribution is -1.96. The van der Waals surface area contributed by atoms with Gasteiger partial charge in [0, 0.05) is 6.42 Å². The maximum atomic E-state index is 10.6. The number of thiol groups is 1. The minimum Gasteiger partial charge on any atom is -0.288 e. The average molecular weight is 194 g/mol. The number of carbonyl (C=O) groups is 1. The zero-order valence-electron chi connectivity index (χ0n) is 7.73. The van der Waals surface area contributed by atoms with Crippen LogP contribution in [0.1, 0.15) is 31.2 Å². The van der Waals surface area contributed by atoms with E-state index in [1.54, 1.807) is 0 Å². The van der Waals surface area contributed by atoms with Gasteiger partial charge in [0.1, 0.15) is 0 Å². The van der Waals surface area contributed by atoms with Crippen LogP contribution in [0.15, 0.2) is 30.3 Å². The molecule has 0 spiro atoms. The van der Waals surface area contributed by atoms with E-state index in [9.17, 15) is 4.79 Å². The van der Waals surface area contributed by atoms with E-state index in [1.165, 1.54) is 5.56 Å². The van der Waals surface area contributed by atoms with Crippen molar-refractivity contribution in [3.8, 4) is 0 Å². The Morgan fingerprint density at radius 3 is 2.54 bits per heavy atom. The fraction of sp³-hybridized carbons (Fsp3) is 0.364. The molecule has 0 aliphatic carbocycles. The number of carbonyl (C=O) groups excluding carboxylic acids is 1. The van der Waals surface area contributed by atoms with Gasteiger partial charge in [-0.2, -0.15) is 0 Å². The summed E-state index contributed by atoms with van der Waals surface area (Å²) >= 11 is 3.75. The van der Waals surface area contributed by atoms with Crippen molar-refractivity contribution >= 4 is 17.7 Å². The van der Waals surface area contributed by atoms with E-state index < -0.39 is 0 Å². The Balaban J connectivity index is 2.49. The van der Waals surface area contributed by atoms with Gasteiger partial charge in [-0.05, 0) is 17.9 Å². The molecular formula is C11H14OS. The van der Waals surface area contributed by atoms with Crippen LogP contribution in [-0.4, -0.2) is 5.12 Å². The van der Waals surface area contributed by atoms with E-state index >= 15 is 0 Å². The lowest BCUT2D eigenvalue weighted by molar-refractivity contribution is -0.110. The van der Waals surface area contributed by atoms with Crippen molar-refractivity contribution in [1.82, 2.24) is 0 Å².